The van der Waals surface area contributed by atoms with Crippen LogP contribution in [0.4, 0.5) is 0 Å². The molecule has 1 aromatic heterocycles. The molecule has 116 valence electrons. The summed E-state index contributed by atoms with van der Waals surface area (Å²) in [5, 5.41) is 14.2. The topological polar surface area (TPSA) is 66.4 Å². The van der Waals surface area contributed by atoms with Gasteiger partial charge in [0.2, 0.25) is 5.91 Å². The molecule has 1 heterocycles. The van der Waals surface area contributed by atoms with Crippen LogP contribution < -0.4 is 5.32 Å². The Balaban J connectivity index is 2.08. The van der Waals surface area contributed by atoms with Crippen LogP contribution in [0.15, 0.2) is 17.5 Å². The van der Waals surface area contributed by atoms with Crippen molar-refractivity contribution in [3.8, 4) is 0 Å². The van der Waals surface area contributed by atoms with Crippen LogP contribution in [0, 0.1) is 17.8 Å². The molecule has 1 saturated carbocycles. The smallest absolute Gasteiger partial charge is 0.307 e. The van der Waals surface area contributed by atoms with Gasteiger partial charge >= 0.3 is 5.97 Å². The Hall–Kier alpha value is -1.36. The number of carbonyl (C=O) groups excluding carboxylic acids is 1. The summed E-state index contributed by atoms with van der Waals surface area (Å²) in [5.41, 5.74) is 0. The molecule has 0 aliphatic heterocycles. The summed E-state index contributed by atoms with van der Waals surface area (Å²) >= 11 is 1.65. The Morgan fingerprint density at radius 2 is 2.00 bits per heavy atom. The van der Waals surface area contributed by atoms with E-state index in [0.717, 1.165) is 17.7 Å². The normalized spacial score (nSPS) is 22.6. The minimum atomic E-state index is -0.850. The second-order valence-electron chi connectivity index (χ2n) is 5.71. The molecule has 5 heteroatoms. The lowest BCUT2D eigenvalue weighted by Gasteiger charge is -2.34. The molecule has 0 bridgehead atoms. The number of carboxylic acid groups (broad SMARTS) is 1. The predicted molar refractivity (Wildman–Crippen MR) is 83.1 cm³/mol. The fourth-order valence-electron chi connectivity index (χ4n) is 3.02. The van der Waals surface area contributed by atoms with Gasteiger partial charge in [0.15, 0.2) is 0 Å². The van der Waals surface area contributed by atoms with Gasteiger partial charge in [0.25, 0.3) is 0 Å². The summed E-state index contributed by atoms with van der Waals surface area (Å²) in [5.74, 6) is -1.43. The molecular formula is C16H23NO3S. The van der Waals surface area contributed by atoms with E-state index in [1.807, 2.05) is 17.5 Å². The third-order valence-electron chi connectivity index (χ3n) is 4.60. The zero-order valence-corrected chi connectivity index (χ0v) is 13.4. The van der Waals surface area contributed by atoms with Gasteiger partial charge in [-0.15, -0.1) is 11.3 Å². The molecule has 1 aliphatic carbocycles. The summed E-state index contributed by atoms with van der Waals surface area (Å²) < 4.78 is 0. The van der Waals surface area contributed by atoms with Crippen molar-refractivity contribution in [3.05, 3.63) is 22.4 Å². The molecule has 3 unspecified atom stereocenters. The molecule has 4 nitrogen and oxygen atoms in total. The lowest BCUT2D eigenvalue weighted by Crippen LogP contribution is -2.46. The second-order valence-corrected chi connectivity index (χ2v) is 6.69. The van der Waals surface area contributed by atoms with Crippen LogP contribution in [0.5, 0.6) is 0 Å². The molecule has 0 radical (unpaired) electrons. The predicted octanol–water partition coefficient (Wildman–Crippen LogP) is 3.45. The zero-order valence-electron chi connectivity index (χ0n) is 12.5. The van der Waals surface area contributed by atoms with E-state index in [2.05, 4.69) is 19.2 Å². The van der Waals surface area contributed by atoms with Crippen molar-refractivity contribution in [2.24, 2.45) is 17.8 Å². The summed E-state index contributed by atoms with van der Waals surface area (Å²) in [6, 6.07) is 4.04. The number of carbonyl (C=O) groups is 2. The molecule has 1 aromatic rings. The number of aliphatic carboxylic acids is 1. The minimum Gasteiger partial charge on any atom is -0.481 e. The van der Waals surface area contributed by atoms with Gasteiger partial charge in [-0.2, -0.15) is 0 Å². The molecule has 1 aliphatic rings. The monoisotopic (exact) mass is 309 g/mol. The van der Waals surface area contributed by atoms with E-state index in [1.54, 1.807) is 11.3 Å². The van der Waals surface area contributed by atoms with E-state index in [4.69, 9.17) is 5.11 Å². The number of amides is 1. The summed E-state index contributed by atoms with van der Waals surface area (Å²) in [6.07, 6.45) is 3.28. The van der Waals surface area contributed by atoms with E-state index in [0.29, 0.717) is 18.8 Å². The van der Waals surface area contributed by atoms with Crippen LogP contribution in [0.3, 0.4) is 0 Å². The van der Waals surface area contributed by atoms with Gasteiger partial charge in [0.1, 0.15) is 0 Å². The fourth-order valence-corrected chi connectivity index (χ4v) is 3.89. The Morgan fingerprint density at radius 3 is 2.43 bits per heavy atom. The molecule has 2 N–H and O–H groups in total. The maximum absolute atomic E-state index is 12.4. The molecule has 1 amide bonds. The average Bonchev–Trinajstić information content (AvgIpc) is 2.90. The van der Waals surface area contributed by atoms with Crippen LogP contribution in [-0.4, -0.2) is 17.0 Å². The van der Waals surface area contributed by atoms with E-state index >= 15 is 0 Å². The van der Waals surface area contributed by atoms with Crippen molar-refractivity contribution in [3.63, 3.8) is 0 Å². The van der Waals surface area contributed by atoms with Crippen LogP contribution in [0.1, 0.15) is 50.4 Å². The lowest BCUT2D eigenvalue weighted by molar-refractivity contribution is -0.153. The van der Waals surface area contributed by atoms with Crippen molar-refractivity contribution in [2.75, 3.05) is 0 Å². The maximum atomic E-state index is 12.4. The molecule has 1 fully saturated rings. The van der Waals surface area contributed by atoms with Crippen molar-refractivity contribution < 1.29 is 14.7 Å². The van der Waals surface area contributed by atoms with Gasteiger partial charge in [-0.3, -0.25) is 9.59 Å². The van der Waals surface area contributed by atoms with Crippen molar-refractivity contribution in [1.29, 1.82) is 0 Å². The summed E-state index contributed by atoms with van der Waals surface area (Å²) in [6.45, 7) is 4.26. The zero-order chi connectivity index (χ0) is 15.4. The van der Waals surface area contributed by atoms with E-state index in [9.17, 15) is 9.59 Å². The van der Waals surface area contributed by atoms with Crippen LogP contribution >= 0.6 is 11.3 Å². The highest BCUT2D eigenvalue weighted by Gasteiger charge is 2.42. The van der Waals surface area contributed by atoms with Crippen LogP contribution in [0.2, 0.25) is 0 Å². The van der Waals surface area contributed by atoms with E-state index in [-0.39, 0.29) is 17.9 Å². The molecule has 0 saturated heterocycles. The second kappa shape index (κ2) is 7.07. The Kier molecular flexibility index (Phi) is 5.39. The number of carboxylic acids is 1. The van der Waals surface area contributed by atoms with Crippen molar-refractivity contribution in [1.82, 2.24) is 5.32 Å². The number of thiophene rings is 1. The standard InChI is InChI=1S/C16H23NO3S/c1-3-10(4-2)14(13-6-5-9-21-13)17-15(18)11-7-8-12(11)16(19)20/h5-6,9-12,14H,3-4,7-8H2,1-2H3,(H,17,18)(H,19,20). The lowest BCUT2D eigenvalue weighted by atomic mass is 9.73. The minimum absolute atomic E-state index is 0.00236. The van der Waals surface area contributed by atoms with E-state index < -0.39 is 11.9 Å². The highest BCUT2D eigenvalue weighted by Crippen LogP contribution is 2.37. The largest absolute Gasteiger partial charge is 0.481 e. The van der Waals surface area contributed by atoms with Crippen molar-refractivity contribution >= 4 is 23.2 Å². The summed E-state index contributed by atoms with van der Waals surface area (Å²) in [4.78, 5) is 24.6. The highest BCUT2D eigenvalue weighted by molar-refractivity contribution is 7.10. The Morgan fingerprint density at radius 1 is 1.33 bits per heavy atom. The molecule has 21 heavy (non-hydrogen) atoms. The molecule has 0 spiro atoms. The molecule has 2 rings (SSSR count). The SMILES string of the molecule is CCC(CC)C(NC(=O)C1CCC1C(=O)O)c1cccs1. The third kappa shape index (κ3) is 3.46. The summed E-state index contributed by atoms with van der Waals surface area (Å²) in [7, 11) is 0. The first kappa shape index (κ1) is 16.0. The number of nitrogens with one attached hydrogen (secondary N) is 1. The first-order chi connectivity index (χ1) is 10.1. The first-order valence-corrected chi connectivity index (χ1v) is 8.53. The van der Waals surface area contributed by atoms with E-state index in [1.165, 1.54) is 0 Å². The van der Waals surface area contributed by atoms with Gasteiger partial charge < -0.3 is 10.4 Å². The highest BCUT2D eigenvalue weighted by atomic mass is 32.1. The quantitative estimate of drug-likeness (QED) is 0.810. The molecular weight excluding hydrogens is 286 g/mol. The van der Waals surface area contributed by atoms with Gasteiger partial charge in [0.05, 0.1) is 17.9 Å². The fraction of sp³-hybridized carbons (Fsp3) is 0.625. The Bertz CT molecular complexity index is 482. The van der Waals surface area contributed by atoms with Gasteiger partial charge in [0, 0.05) is 4.88 Å². The number of rotatable bonds is 7. The first-order valence-electron chi connectivity index (χ1n) is 7.65. The van der Waals surface area contributed by atoms with Gasteiger partial charge in [-0.25, -0.2) is 0 Å². The molecule has 0 aromatic carbocycles. The van der Waals surface area contributed by atoms with Crippen LogP contribution in [-0.2, 0) is 9.59 Å². The van der Waals surface area contributed by atoms with Crippen LogP contribution in [0.25, 0.3) is 0 Å². The van der Waals surface area contributed by atoms with Gasteiger partial charge in [-0.05, 0) is 30.2 Å². The van der Waals surface area contributed by atoms with Gasteiger partial charge in [-0.1, -0.05) is 32.8 Å². The van der Waals surface area contributed by atoms with Crippen molar-refractivity contribution in [2.45, 2.75) is 45.6 Å². The maximum Gasteiger partial charge on any atom is 0.307 e. The Labute approximate surface area is 129 Å². The molecule has 3 atom stereocenters. The number of hydrogen-bond acceptors (Lipinski definition) is 3. The third-order valence-corrected chi connectivity index (χ3v) is 5.55. The average molecular weight is 309 g/mol. The number of hydrogen-bond donors (Lipinski definition) is 2.